The molecule has 3 nitrogen and oxygen atoms in total. The van der Waals surface area contributed by atoms with Crippen LogP contribution in [0.4, 0.5) is 8.78 Å². The molecule has 0 spiro atoms. The van der Waals surface area contributed by atoms with Gasteiger partial charge in [0.25, 0.3) is 5.91 Å². The average molecular weight is 291 g/mol. The maximum absolute atomic E-state index is 13.6. The summed E-state index contributed by atoms with van der Waals surface area (Å²) in [5.74, 6) is -2.06. The Kier molecular flexibility index (Phi) is 4.52. The van der Waals surface area contributed by atoms with Gasteiger partial charge in [-0.3, -0.25) is 4.79 Å². The largest absolute Gasteiger partial charge is 0.497 e. The molecule has 0 bridgehead atoms. The van der Waals surface area contributed by atoms with Crippen LogP contribution >= 0.6 is 0 Å². The topological polar surface area (TPSA) is 29.5 Å². The van der Waals surface area contributed by atoms with Crippen molar-refractivity contribution in [1.82, 2.24) is 4.90 Å². The normalized spacial score (nSPS) is 10.3. The van der Waals surface area contributed by atoms with Gasteiger partial charge in [0.05, 0.1) is 12.7 Å². The highest BCUT2D eigenvalue weighted by Gasteiger charge is 2.18. The summed E-state index contributed by atoms with van der Waals surface area (Å²) in [4.78, 5) is 13.5. The van der Waals surface area contributed by atoms with Crippen molar-refractivity contribution in [2.24, 2.45) is 0 Å². The minimum atomic E-state index is -1.13. The summed E-state index contributed by atoms with van der Waals surface area (Å²) in [6.07, 6.45) is 0. The number of hydrogen-bond acceptors (Lipinski definition) is 2. The van der Waals surface area contributed by atoms with E-state index in [1.54, 1.807) is 25.3 Å². The Morgan fingerprint density at radius 3 is 2.62 bits per heavy atom. The highest BCUT2D eigenvalue weighted by molar-refractivity contribution is 5.94. The molecule has 2 aromatic rings. The van der Waals surface area contributed by atoms with Gasteiger partial charge in [0.1, 0.15) is 5.75 Å². The lowest BCUT2D eigenvalue weighted by molar-refractivity contribution is 0.0779. The first-order valence-corrected chi connectivity index (χ1v) is 6.35. The van der Waals surface area contributed by atoms with Crippen molar-refractivity contribution >= 4 is 5.91 Å². The van der Waals surface area contributed by atoms with Crippen molar-refractivity contribution in [3.05, 3.63) is 65.2 Å². The molecule has 5 heteroatoms. The Labute approximate surface area is 121 Å². The lowest BCUT2D eigenvalue weighted by atomic mass is 10.1. The van der Waals surface area contributed by atoms with Gasteiger partial charge in [0, 0.05) is 13.6 Å². The zero-order valence-electron chi connectivity index (χ0n) is 11.8. The number of hydrogen-bond donors (Lipinski definition) is 0. The Morgan fingerprint density at radius 1 is 1.19 bits per heavy atom. The second-order valence-electron chi connectivity index (χ2n) is 4.61. The standard InChI is InChI=1S/C16H15F2NO2/c1-19(10-11-5-3-6-12(9-11)21-2)16(20)13-7-4-8-14(17)15(13)18/h3-9H,10H2,1-2H3. The molecular formula is C16H15F2NO2. The number of carbonyl (C=O) groups is 1. The number of rotatable bonds is 4. The van der Waals surface area contributed by atoms with E-state index in [0.29, 0.717) is 5.75 Å². The molecule has 0 aliphatic rings. The van der Waals surface area contributed by atoms with Crippen molar-refractivity contribution in [1.29, 1.82) is 0 Å². The second-order valence-corrected chi connectivity index (χ2v) is 4.61. The van der Waals surface area contributed by atoms with E-state index >= 15 is 0 Å². The van der Waals surface area contributed by atoms with Gasteiger partial charge < -0.3 is 9.64 Å². The molecular weight excluding hydrogens is 276 g/mol. The molecule has 2 rings (SSSR count). The predicted octanol–water partition coefficient (Wildman–Crippen LogP) is 3.25. The predicted molar refractivity (Wildman–Crippen MR) is 75.1 cm³/mol. The van der Waals surface area contributed by atoms with E-state index in [-0.39, 0.29) is 12.1 Å². The second kappa shape index (κ2) is 6.35. The SMILES string of the molecule is COc1cccc(CN(C)C(=O)c2cccc(F)c2F)c1. The fourth-order valence-corrected chi connectivity index (χ4v) is 1.99. The van der Waals surface area contributed by atoms with Crippen LogP contribution < -0.4 is 4.74 Å². The molecule has 1 amide bonds. The van der Waals surface area contributed by atoms with Gasteiger partial charge >= 0.3 is 0 Å². The third kappa shape index (κ3) is 3.37. The number of methoxy groups -OCH3 is 1. The molecule has 110 valence electrons. The number of benzene rings is 2. The average Bonchev–Trinajstić information content (AvgIpc) is 2.49. The molecule has 0 fully saturated rings. The van der Waals surface area contributed by atoms with Crippen LogP contribution in [0.2, 0.25) is 0 Å². The van der Waals surface area contributed by atoms with Crippen molar-refractivity contribution in [2.45, 2.75) is 6.54 Å². The summed E-state index contributed by atoms with van der Waals surface area (Å²) in [7, 11) is 3.09. The van der Waals surface area contributed by atoms with E-state index in [9.17, 15) is 13.6 Å². The summed E-state index contributed by atoms with van der Waals surface area (Å²) >= 11 is 0. The van der Waals surface area contributed by atoms with E-state index in [1.165, 1.54) is 24.1 Å². The van der Waals surface area contributed by atoms with Crippen molar-refractivity contribution < 1.29 is 18.3 Å². The smallest absolute Gasteiger partial charge is 0.256 e. The van der Waals surface area contributed by atoms with Crippen molar-refractivity contribution in [3.63, 3.8) is 0 Å². The molecule has 0 aliphatic heterocycles. The number of nitrogens with zero attached hydrogens (tertiary/aromatic N) is 1. The molecule has 0 heterocycles. The van der Waals surface area contributed by atoms with Crippen LogP contribution in [0.25, 0.3) is 0 Å². The highest BCUT2D eigenvalue weighted by Crippen LogP contribution is 2.17. The molecule has 21 heavy (non-hydrogen) atoms. The fraction of sp³-hybridized carbons (Fsp3) is 0.188. The van der Waals surface area contributed by atoms with Crippen LogP contribution in [-0.2, 0) is 6.54 Å². The Morgan fingerprint density at radius 2 is 1.90 bits per heavy atom. The molecule has 2 aromatic carbocycles. The Bertz CT molecular complexity index is 658. The van der Waals surface area contributed by atoms with E-state index in [2.05, 4.69) is 0 Å². The van der Waals surface area contributed by atoms with E-state index < -0.39 is 17.5 Å². The van der Waals surface area contributed by atoms with Crippen LogP contribution in [0.1, 0.15) is 15.9 Å². The first-order valence-electron chi connectivity index (χ1n) is 6.35. The minimum Gasteiger partial charge on any atom is -0.497 e. The monoisotopic (exact) mass is 291 g/mol. The summed E-state index contributed by atoms with van der Waals surface area (Å²) in [6, 6.07) is 10.8. The first kappa shape index (κ1) is 15.0. The Balaban J connectivity index is 2.17. The lowest BCUT2D eigenvalue weighted by Crippen LogP contribution is -2.27. The molecule has 0 saturated carbocycles. The van der Waals surface area contributed by atoms with E-state index in [4.69, 9.17) is 4.74 Å². The van der Waals surface area contributed by atoms with Crippen LogP contribution in [0.5, 0.6) is 5.75 Å². The molecule has 0 radical (unpaired) electrons. The molecule has 0 unspecified atom stereocenters. The van der Waals surface area contributed by atoms with E-state index in [0.717, 1.165) is 11.6 Å². The zero-order valence-corrected chi connectivity index (χ0v) is 11.8. The number of halogens is 2. The first-order chi connectivity index (χ1) is 10.0. The summed E-state index contributed by atoms with van der Waals surface area (Å²) in [5, 5.41) is 0. The fourth-order valence-electron chi connectivity index (χ4n) is 1.99. The summed E-state index contributed by atoms with van der Waals surface area (Å²) in [5.41, 5.74) is 0.558. The van der Waals surface area contributed by atoms with Gasteiger partial charge in [-0.1, -0.05) is 18.2 Å². The van der Waals surface area contributed by atoms with Crippen molar-refractivity contribution in [3.8, 4) is 5.75 Å². The number of ether oxygens (including phenoxy) is 1. The van der Waals surface area contributed by atoms with Gasteiger partial charge in [-0.25, -0.2) is 8.78 Å². The number of amides is 1. The van der Waals surface area contributed by atoms with Crippen LogP contribution in [0.3, 0.4) is 0 Å². The lowest BCUT2D eigenvalue weighted by Gasteiger charge is -2.18. The zero-order chi connectivity index (χ0) is 15.4. The third-order valence-corrected chi connectivity index (χ3v) is 3.08. The van der Waals surface area contributed by atoms with Crippen LogP contribution in [-0.4, -0.2) is 25.0 Å². The van der Waals surface area contributed by atoms with Crippen molar-refractivity contribution in [2.75, 3.05) is 14.2 Å². The molecule has 0 N–H and O–H groups in total. The van der Waals surface area contributed by atoms with E-state index in [1.807, 2.05) is 6.07 Å². The molecule has 0 saturated heterocycles. The highest BCUT2D eigenvalue weighted by atomic mass is 19.2. The summed E-state index contributed by atoms with van der Waals surface area (Å²) in [6.45, 7) is 0.270. The minimum absolute atomic E-state index is 0.270. The Hall–Kier alpha value is -2.43. The van der Waals surface area contributed by atoms with Gasteiger partial charge in [-0.15, -0.1) is 0 Å². The van der Waals surface area contributed by atoms with Gasteiger partial charge in [0.2, 0.25) is 0 Å². The third-order valence-electron chi connectivity index (χ3n) is 3.08. The molecule has 0 aromatic heterocycles. The van der Waals surface area contributed by atoms with Gasteiger partial charge in [-0.2, -0.15) is 0 Å². The van der Waals surface area contributed by atoms with Gasteiger partial charge in [-0.05, 0) is 29.8 Å². The maximum Gasteiger partial charge on any atom is 0.256 e. The van der Waals surface area contributed by atoms with Gasteiger partial charge in [0.15, 0.2) is 11.6 Å². The van der Waals surface area contributed by atoms with Crippen LogP contribution in [0, 0.1) is 11.6 Å². The molecule has 0 aliphatic carbocycles. The number of carbonyl (C=O) groups excluding carboxylic acids is 1. The quantitative estimate of drug-likeness (QED) is 0.865. The summed E-state index contributed by atoms with van der Waals surface area (Å²) < 4.78 is 31.9. The van der Waals surface area contributed by atoms with Crippen LogP contribution in [0.15, 0.2) is 42.5 Å². The maximum atomic E-state index is 13.6. The molecule has 0 atom stereocenters.